The van der Waals surface area contributed by atoms with Gasteiger partial charge < -0.3 is 20.1 Å². The van der Waals surface area contributed by atoms with Crippen molar-refractivity contribution in [1.29, 1.82) is 0 Å². The van der Waals surface area contributed by atoms with E-state index in [-0.39, 0.29) is 17.9 Å². The number of halogens is 3. The van der Waals surface area contributed by atoms with Crippen molar-refractivity contribution in [1.82, 2.24) is 15.1 Å². The van der Waals surface area contributed by atoms with E-state index in [0.29, 0.717) is 11.3 Å². The number of nitrogens with zero attached hydrogens (tertiary/aromatic N) is 2. The van der Waals surface area contributed by atoms with E-state index in [1.165, 1.54) is 18.0 Å². The van der Waals surface area contributed by atoms with E-state index >= 15 is 0 Å². The molecule has 0 saturated carbocycles. The SMILES string of the molecule is CC(=O)NC(O)(C(Cc1ccccc1)N1C(=O)[C@@H](C(C)C)N(C(C)=O)C=C1c1cccc(OCc2ccccc2)c1)C(F)(F)F. The molecule has 0 bridgehead atoms. The van der Waals surface area contributed by atoms with Crippen LogP contribution in [0.3, 0.4) is 0 Å². The zero-order valence-corrected chi connectivity index (χ0v) is 25.4. The Hall–Kier alpha value is -4.64. The average Bonchev–Trinajstić information content (AvgIpc) is 2.98. The monoisotopic (exact) mass is 623 g/mol. The molecule has 4 rings (SSSR count). The Morgan fingerprint density at radius 3 is 2.07 bits per heavy atom. The minimum Gasteiger partial charge on any atom is -0.489 e. The summed E-state index contributed by atoms with van der Waals surface area (Å²) < 4.78 is 50.7. The van der Waals surface area contributed by atoms with E-state index in [9.17, 15) is 32.7 Å². The Balaban J connectivity index is 1.93. The molecule has 0 fully saturated rings. The van der Waals surface area contributed by atoms with Crippen molar-refractivity contribution in [2.24, 2.45) is 5.92 Å². The maximum absolute atomic E-state index is 14.9. The molecule has 1 aliphatic heterocycles. The molecule has 238 valence electrons. The van der Waals surface area contributed by atoms with Crippen LogP contribution >= 0.6 is 0 Å². The fourth-order valence-corrected chi connectivity index (χ4v) is 5.44. The van der Waals surface area contributed by atoms with Gasteiger partial charge in [-0.2, -0.15) is 13.2 Å². The molecule has 45 heavy (non-hydrogen) atoms. The minimum atomic E-state index is -5.41. The first kappa shape index (κ1) is 33.3. The highest BCUT2D eigenvalue weighted by atomic mass is 19.4. The first-order chi connectivity index (χ1) is 21.2. The summed E-state index contributed by atoms with van der Waals surface area (Å²) in [6.45, 7) is 5.66. The number of amides is 3. The lowest BCUT2D eigenvalue weighted by Gasteiger charge is -2.49. The van der Waals surface area contributed by atoms with Crippen LogP contribution in [0, 0.1) is 5.92 Å². The lowest BCUT2D eigenvalue weighted by Crippen LogP contribution is -2.72. The van der Waals surface area contributed by atoms with Crippen LogP contribution in [0.4, 0.5) is 13.2 Å². The molecule has 3 amide bonds. The van der Waals surface area contributed by atoms with Crippen molar-refractivity contribution >= 4 is 23.4 Å². The number of benzene rings is 3. The second-order valence-corrected chi connectivity index (χ2v) is 11.3. The zero-order valence-electron chi connectivity index (χ0n) is 25.4. The number of carbonyl (C=O) groups is 3. The predicted molar refractivity (Wildman–Crippen MR) is 162 cm³/mol. The van der Waals surface area contributed by atoms with Crippen LogP contribution in [0.2, 0.25) is 0 Å². The number of nitrogens with one attached hydrogen (secondary N) is 1. The number of hydrogen-bond acceptors (Lipinski definition) is 5. The number of alkyl halides is 3. The summed E-state index contributed by atoms with van der Waals surface area (Å²) in [6, 6.07) is 20.5. The van der Waals surface area contributed by atoms with Gasteiger partial charge in [-0.05, 0) is 35.6 Å². The van der Waals surface area contributed by atoms with Crippen molar-refractivity contribution in [2.75, 3.05) is 0 Å². The first-order valence-electron chi connectivity index (χ1n) is 14.5. The lowest BCUT2D eigenvalue weighted by molar-refractivity contribution is -0.287. The lowest BCUT2D eigenvalue weighted by atomic mass is 9.88. The molecular weight excluding hydrogens is 587 g/mol. The summed E-state index contributed by atoms with van der Waals surface area (Å²) in [5.74, 6) is -2.65. The number of ether oxygens (including phenoxy) is 1. The Kier molecular flexibility index (Phi) is 10.0. The van der Waals surface area contributed by atoms with E-state index in [4.69, 9.17) is 4.74 Å². The molecule has 1 aliphatic rings. The fourth-order valence-electron chi connectivity index (χ4n) is 5.44. The Morgan fingerprint density at radius 1 is 0.933 bits per heavy atom. The summed E-state index contributed by atoms with van der Waals surface area (Å²) >= 11 is 0. The van der Waals surface area contributed by atoms with Crippen molar-refractivity contribution in [3.8, 4) is 5.75 Å². The highest BCUT2D eigenvalue weighted by Gasteiger charge is 2.63. The van der Waals surface area contributed by atoms with E-state index < -0.39 is 54.0 Å². The van der Waals surface area contributed by atoms with E-state index in [1.54, 1.807) is 73.8 Å². The second kappa shape index (κ2) is 13.6. The molecule has 8 nitrogen and oxygen atoms in total. The van der Waals surface area contributed by atoms with Crippen LogP contribution < -0.4 is 10.1 Å². The molecule has 0 saturated heterocycles. The Morgan fingerprint density at radius 2 is 1.53 bits per heavy atom. The maximum Gasteiger partial charge on any atom is 0.438 e. The molecule has 3 aromatic carbocycles. The molecule has 1 heterocycles. The fraction of sp³-hybridized carbons (Fsp3) is 0.324. The van der Waals surface area contributed by atoms with Gasteiger partial charge in [-0.15, -0.1) is 0 Å². The third-order valence-electron chi connectivity index (χ3n) is 7.55. The molecule has 0 aromatic heterocycles. The Labute approximate surface area is 260 Å². The molecule has 2 unspecified atom stereocenters. The highest BCUT2D eigenvalue weighted by Crippen LogP contribution is 2.41. The molecule has 0 spiro atoms. The smallest absolute Gasteiger partial charge is 0.438 e. The standard InChI is InChI=1S/C34H36F3N3O5/c1-22(2)31-32(43)40(30(18-25-12-7-5-8-13-25)33(44,34(35,36)37)38-23(3)41)29(20-39(31)24(4)42)27-16-11-17-28(19-27)45-21-26-14-9-6-10-15-26/h5-17,19-20,22,30-31,44H,18,21H2,1-4H3,(H,38,41)/t30?,31-,33?/m1/s1. The minimum absolute atomic E-state index is 0.0776. The van der Waals surface area contributed by atoms with E-state index in [0.717, 1.165) is 17.4 Å². The molecule has 3 atom stereocenters. The summed E-state index contributed by atoms with van der Waals surface area (Å²) in [6.07, 6.45) is -4.57. The van der Waals surface area contributed by atoms with Crippen LogP contribution in [0.15, 0.2) is 91.1 Å². The number of aliphatic hydroxyl groups is 1. The normalized spacial score (nSPS) is 17.4. The van der Waals surface area contributed by atoms with Gasteiger partial charge in [0.05, 0.1) is 11.7 Å². The number of carbonyl (C=O) groups excluding carboxylic acids is 3. The van der Waals surface area contributed by atoms with Crippen LogP contribution in [0.1, 0.15) is 44.4 Å². The molecule has 0 aliphatic carbocycles. The summed E-state index contributed by atoms with van der Waals surface area (Å²) in [4.78, 5) is 41.5. The van der Waals surface area contributed by atoms with Gasteiger partial charge in [0.2, 0.25) is 11.8 Å². The highest BCUT2D eigenvalue weighted by molar-refractivity contribution is 5.97. The van der Waals surface area contributed by atoms with Crippen molar-refractivity contribution in [3.63, 3.8) is 0 Å². The van der Waals surface area contributed by atoms with Gasteiger partial charge >= 0.3 is 6.18 Å². The summed E-state index contributed by atoms with van der Waals surface area (Å²) in [7, 11) is 0. The largest absolute Gasteiger partial charge is 0.489 e. The van der Waals surface area contributed by atoms with Gasteiger partial charge in [-0.25, -0.2) is 0 Å². The Bertz CT molecular complexity index is 1550. The number of rotatable bonds is 10. The molecule has 11 heteroatoms. The molecule has 0 radical (unpaired) electrons. The third-order valence-corrected chi connectivity index (χ3v) is 7.55. The van der Waals surface area contributed by atoms with Gasteiger partial charge in [-0.1, -0.05) is 86.6 Å². The zero-order chi connectivity index (χ0) is 32.9. The topological polar surface area (TPSA) is 99.2 Å². The van der Waals surface area contributed by atoms with Gasteiger partial charge in [0.1, 0.15) is 18.4 Å². The molecule has 3 aromatic rings. The van der Waals surface area contributed by atoms with Crippen LogP contribution in [0.5, 0.6) is 5.75 Å². The van der Waals surface area contributed by atoms with Crippen LogP contribution in [-0.4, -0.2) is 56.6 Å². The molecular formula is C34H36F3N3O5. The van der Waals surface area contributed by atoms with Gasteiger partial charge in [-0.3, -0.25) is 19.3 Å². The van der Waals surface area contributed by atoms with E-state index in [1.807, 2.05) is 30.3 Å². The van der Waals surface area contributed by atoms with Crippen molar-refractivity contribution in [2.45, 2.75) is 64.7 Å². The first-order valence-corrected chi connectivity index (χ1v) is 14.5. The summed E-state index contributed by atoms with van der Waals surface area (Å²) in [5.41, 5.74) is -2.44. The van der Waals surface area contributed by atoms with Gasteiger partial charge in [0, 0.05) is 25.6 Å². The number of hydrogen-bond donors (Lipinski definition) is 2. The summed E-state index contributed by atoms with van der Waals surface area (Å²) in [5, 5.41) is 13.2. The van der Waals surface area contributed by atoms with Gasteiger partial charge in [0.15, 0.2) is 0 Å². The van der Waals surface area contributed by atoms with Crippen LogP contribution in [0.25, 0.3) is 5.70 Å². The van der Waals surface area contributed by atoms with Crippen LogP contribution in [-0.2, 0) is 27.4 Å². The quantitative estimate of drug-likeness (QED) is 0.300. The molecule has 2 N–H and O–H groups in total. The van der Waals surface area contributed by atoms with Gasteiger partial charge in [0.25, 0.3) is 11.6 Å². The second-order valence-electron chi connectivity index (χ2n) is 11.3. The predicted octanol–water partition coefficient (Wildman–Crippen LogP) is 5.28. The van der Waals surface area contributed by atoms with Crippen molar-refractivity contribution in [3.05, 3.63) is 108 Å². The third kappa shape index (κ3) is 7.37. The van der Waals surface area contributed by atoms with E-state index in [2.05, 4.69) is 0 Å². The average molecular weight is 624 g/mol. The van der Waals surface area contributed by atoms with Crippen molar-refractivity contribution < 1.29 is 37.4 Å². The maximum atomic E-state index is 14.9.